The van der Waals surface area contributed by atoms with Gasteiger partial charge >= 0.3 is 0 Å². The lowest BCUT2D eigenvalue weighted by Gasteiger charge is -2.11. The van der Waals surface area contributed by atoms with Crippen molar-refractivity contribution in [2.75, 3.05) is 6.54 Å². The van der Waals surface area contributed by atoms with Crippen LogP contribution in [0.2, 0.25) is 10.0 Å². The Kier molecular flexibility index (Phi) is 6.50. The number of halogens is 2. The molecule has 2 aromatic carbocycles. The van der Waals surface area contributed by atoms with E-state index in [1.54, 1.807) is 23.6 Å². The molecule has 0 saturated heterocycles. The summed E-state index contributed by atoms with van der Waals surface area (Å²) in [6.07, 6.45) is 1.62. The summed E-state index contributed by atoms with van der Waals surface area (Å²) >= 11 is 13.5. The Morgan fingerprint density at radius 1 is 1.26 bits per heavy atom. The molecular formula is C20H16Cl2N2O2S. The normalized spacial score (nSPS) is 10.4. The number of hydrogen-bond donors (Lipinski definition) is 1. The Morgan fingerprint density at radius 2 is 2.07 bits per heavy atom. The molecule has 1 heterocycles. The first-order chi connectivity index (χ1) is 13.1. The summed E-state index contributed by atoms with van der Waals surface area (Å²) in [5, 5.41) is 6.27. The quantitative estimate of drug-likeness (QED) is 0.507. The third kappa shape index (κ3) is 4.89. The summed E-state index contributed by atoms with van der Waals surface area (Å²) in [5.41, 5.74) is 2.02. The molecule has 27 heavy (non-hydrogen) atoms. The summed E-state index contributed by atoms with van der Waals surface area (Å²) in [4.78, 5) is 16.5. The van der Waals surface area contributed by atoms with Crippen molar-refractivity contribution in [1.29, 1.82) is 0 Å². The molecule has 0 spiro atoms. The van der Waals surface area contributed by atoms with Crippen molar-refractivity contribution in [1.82, 2.24) is 10.3 Å². The van der Waals surface area contributed by atoms with Gasteiger partial charge in [-0.3, -0.25) is 4.79 Å². The number of carbonyl (C=O) groups is 1. The van der Waals surface area contributed by atoms with Crippen molar-refractivity contribution in [3.63, 3.8) is 0 Å². The summed E-state index contributed by atoms with van der Waals surface area (Å²) in [6.45, 7) is 4.27. The van der Waals surface area contributed by atoms with E-state index in [-0.39, 0.29) is 5.91 Å². The highest BCUT2D eigenvalue weighted by Gasteiger charge is 2.14. The van der Waals surface area contributed by atoms with E-state index in [1.165, 1.54) is 11.3 Å². The van der Waals surface area contributed by atoms with Crippen molar-refractivity contribution in [3.05, 3.63) is 81.8 Å². The number of nitrogens with zero attached hydrogens (tertiary/aromatic N) is 1. The molecular weight excluding hydrogens is 403 g/mol. The fraction of sp³-hybridized carbons (Fsp3) is 0.100. The number of nitrogens with one attached hydrogen (secondary N) is 1. The number of aromatic nitrogens is 1. The lowest BCUT2D eigenvalue weighted by atomic mass is 10.2. The maximum Gasteiger partial charge on any atom is 0.271 e. The molecule has 0 aliphatic rings. The van der Waals surface area contributed by atoms with Gasteiger partial charge in [-0.1, -0.05) is 47.5 Å². The molecule has 138 valence electrons. The summed E-state index contributed by atoms with van der Waals surface area (Å²) in [6, 6.07) is 12.8. The third-order valence-corrected chi connectivity index (χ3v) is 5.12. The second-order valence-electron chi connectivity index (χ2n) is 5.56. The van der Waals surface area contributed by atoms with Crippen LogP contribution in [-0.2, 0) is 6.61 Å². The van der Waals surface area contributed by atoms with E-state index in [1.807, 2.05) is 30.3 Å². The Balaban J connectivity index is 1.79. The van der Waals surface area contributed by atoms with Crippen LogP contribution < -0.4 is 10.1 Å². The Labute approximate surface area is 171 Å². The van der Waals surface area contributed by atoms with Gasteiger partial charge in [0.05, 0.1) is 5.56 Å². The first-order valence-corrected chi connectivity index (χ1v) is 9.73. The largest absolute Gasteiger partial charge is 0.488 e. The van der Waals surface area contributed by atoms with Crippen LogP contribution >= 0.6 is 34.5 Å². The number of para-hydroxylation sites is 1. The van der Waals surface area contributed by atoms with Gasteiger partial charge in [0, 0.05) is 27.5 Å². The monoisotopic (exact) mass is 418 g/mol. The summed E-state index contributed by atoms with van der Waals surface area (Å²) in [5.74, 6) is 0.430. The Morgan fingerprint density at radius 3 is 2.85 bits per heavy atom. The molecule has 7 heteroatoms. The summed E-state index contributed by atoms with van der Waals surface area (Å²) in [7, 11) is 0. The molecule has 0 atom stereocenters. The van der Waals surface area contributed by atoms with Gasteiger partial charge in [0.25, 0.3) is 5.91 Å². The van der Waals surface area contributed by atoms with Crippen molar-refractivity contribution in [2.45, 2.75) is 6.61 Å². The zero-order chi connectivity index (χ0) is 19.2. The number of ether oxygens (including phenoxy) is 1. The highest BCUT2D eigenvalue weighted by Crippen LogP contribution is 2.33. The van der Waals surface area contributed by atoms with E-state index in [0.29, 0.717) is 39.6 Å². The first-order valence-electron chi connectivity index (χ1n) is 8.09. The average Bonchev–Trinajstić information content (AvgIpc) is 3.16. The maximum absolute atomic E-state index is 12.0. The minimum atomic E-state index is -0.233. The van der Waals surface area contributed by atoms with E-state index in [4.69, 9.17) is 27.9 Å². The van der Waals surface area contributed by atoms with Gasteiger partial charge in [-0.2, -0.15) is 0 Å². The molecule has 1 aromatic heterocycles. The van der Waals surface area contributed by atoms with E-state index in [9.17, 15) is 4.79 Å². The Bertz CT molecular complexity index is 972. The molecule has 0 aliphatic heterocycles. The van der Waals surface area contributed by atoms with E-state index < -0.39 is 0 Å². The SMILES string of the molecule is C=CCNC(=O)c1csc(-c2ccccc2OCc2ccc(Cl)cc2Cl)n1. The van der Waals surface area contributed by atoms with Gasteiger partial charge < -0.3 is 10.1 Å². The highest BCUT2D eigenvalue weighted by atomic mass is 35.5. The van der Waals surface area contributed by atoms with Crippen LogP contribution in [0.25, 0.3) is 10.6 Å². The van der Waals surface area contributed by atoms with Crippen LogP contribution in [-0.4, -0.2) is 17.4 Å². The number of benzene rings is 2. The van der Waals surface area contributed by atoms with Gasteiger partial charge in [-0.15, -0.1) is 17.9 Å². The van der Waals surface area contributed by atoms with Crippen molar-refractivity contribution >= 4 is 40.4 Å². The number of carbonyl (C=O) groups excluding carboxylic acids is 1. The highest BCUT2D eigenvalue weighted by molar-refractivity contribution is 7.13. The molecule has 1 N–H and O–H groups in total. The molecule has 3 rings (SSSR count). The van der Waals surface area contributed by atoms with Gasteiger partial charge in [0.2, 0.25) is 0 Å². The number of amides is 1. The second-order valence-corrected chi connectivity index (χ2v) is 7.26. The topological polar surface area (TPSA) is 51.2 Å². The zero-order valence-corrected chi connectivity index (χ0v) is 16.6. The van der Waals surface area contributed by atoms with Crippen LogP contribution in [0.4, 0.5) is 0 Å². The van der Waals surface area contributed by atoms with Gasteiger partial charge in [-0.05, 0) is 24.3 Å². The molecule has 0 radical (unpaired) electrons. The predicted molar refractivity (Wildman–Crippen MR) is 111 cm³/mol. The molecule has 3 aromatic rings. The van der Waals surface area contributed by atoms with Gasteiger partial charge in [-0.25, -0.2) is 4.98 Å². The number of thiazole rings is 1. The molecule has 0 fully saturated rings. The Hall–Kier alpha value is -2.34. The van der Waals surface area contributed by atoms with Crippen LogP contribution in [0.5, 0.6) is 5.75 Å². The van der Waals surface area contributed by atoms with Crippen LogP contribution in [0.3, 0.4) is 0 Å². The average molecular weight is 419 g/mol. The maximum atomic E-state index is 12.0. The third-order valence-electron chi connectivity index (χ3n) is 3.66. The molecule has 0 bridgehead atoms. The second kappa shape index (κ2) is 9.04. The number of rotatable bonds is 7. The molecule has 4 nitrogen and oxygen atoms in total. The molecule has 0 aliphatic carbocycles. The fourth-order valence-corrected chi connectivity index (χ4v) is 3.61. The predicted octanol–water partition coefficient (Wildman–Crippen LogP) is 5.61. The van der Waals surface area contributed by atoms with E-state index in [2.05, 4.69) is 16.9 Å². The minimum Gasteiger partial charge on any atom is -0.488 e. The smallest absolute Gasteiger partial charge is 0.271 e. The van der Waals surface area contributed by atoms with Gasteiger partial charge in [0.1, 0.15) is 23.1 Å². The summed E-state index contributed by atoms with van der Waals surface area (Å²) < 4.78 is 5.96. The number of hydrogen-bond acceptors (Lipinski definition) is 4. The first kappa shape index (κ1) is 19.4. The van der Waals surface area contributed by atoms with Crippen LogP contribution in [0.1, 0.15) is 16.1 Å². The van der Waals surface area contributed by atoms with E-state index in [0.717, 1.165) is 11.1 Å². The minimum absolute atomic E-state index is 0.233. The van der Waals surface area contributed by atoms with Crippen molar-refractivity contribution in [2.24, 2.45) is 0 Å². The zero-order valence-electron chi connectivity index (χ0n) is 14.2. The fourth-order valence-electron chi connectivity index (χ4n) is 2.32. The van der Waals surface area contributed by atoms with Crippen molar-refractivity contribution < 1.29 is 9.53 Å². The van der Waals surface area contributed by atoms with Gasteiger partial charge in [0.15, 0.2) is 0 Å². The standard InChI is InChI=1S/C20H16Cl2N2O2S/c1-2-9-23-19(25)17-12-27-20(24-17)15-5-3-4-6-18(15)26-11-13-7-8-14(21)10-16(13)22/h2-8,10,12H,1,9,11H2,(H,23,25). The van der Waals surface area contributed by atoms with E-state index >= 15 is 0 Å². The molecule has 0 saturated carbocycles. The van der Waals surface area contributed by atoms with Crippen LogP contribution in [0, 0.1) is 0 Å². The molecule has 1 amide bonds. The molecule has 0 unspecified atom stereocenters. The lowest BCUT2D eigenvalue weighted by Crippen LogP contribution is -2.23. The van der Waals surface area contributed by atoms with Crippen LogP contribution in [0.15, 0.2) is 60.5 Å². The van der Waals surface area contributed by atoms with Crippen molar-refractivity contribution in [3.8, 4) is 16.3 Å². The lowest BCUT2D eigenvalue weighted by molar-refractivity contribution is 0.0954.